The van der Waals surface area contributed by atoms with E-state index in [4.69, 9.17) is 23.7 Å². The van der Waals surface area contributed by atoms with Crippen LogP contribution in [0.25, 0.3) is 0 Å². The molecule has 0 amide bonds. The lowest BCUT2D eigenvalue weighted by Gasteiger charge is -2.32. The standard InChI is InChI=1S/C35H70O5/c1-8-10-11-12-21-24-28-36-31(5)32(39-34(37-27-9-2)33-29-38-35(6,7)40-33)26-23-20-18-16-14-13-15-17-19-22-25-30(3)4/h30-34H,8-29H2,1-7H3. The fourth-order valence-corrected chi connectivity index (χ4v) is 5.47. The summed E-state index contributed by atoms with van der Waals surface area (Å²) in [6.07, 6.45) is 23.9. The van der Waals surface area contributed by atoms with Crippen LogP contribution in [0.15, 0.2) is 0 Å². The molecule has 1 heterocycles. The molecule has 1 aliphatic heterocycles. The lowest BCUT2D eigenvalue weighted by atomic mass is 10.0. The highest BCUT2D eigenvalue weighted by atomic mass is 16.8. The van der Waals surface area contributed by atoms with Gasteiger partial charge in [-0.1, -0.05) is 130 Å². The van der Waals surface area contributed by atoms with Crippen molar-refractivity contribution in [3.05, 3.63) is 0 Å². The van der Waals surface area contributed by atoms with Gasteiger partial charge in [0.2, 0.25) is 0 Å². The maximum atomic E-state index is 6.66. The van der Waals surface area contributed by atoms with Crippen LogP contribution in [0.5, 0.6) is 0 Å². The lowest BCUT2D eigenvalue weighted by molar-refractivity contribution is -0.249. The molecular weight excluding hydrogens is 500 g/mol. The molecule has 240 valence electrons. The zero-order valence-corrected chi connectivity index (χ0v) is 28.0. The maximum Gasteiger partial charge on any atom is 0.186 e. The van der Waals surface area contributed by atoms with Gasteiger partial charge in [-0.05, 0) is 46.0 Å². The maximum absolute atomic E-state index is 6.66. The predicted molar refractivity (Wildman–Crippen MR) is 169 cm³/mol. The van der Waals surface area contributed by atoms with Gasteiger partial charge in [-0.25, -0.2) is 0 Å². The number of rotatable bonds is 28. The number of hydrogen-bond acceptors (Lipinski definition) is 5. The third kappa shape index (κ3) is 19.8. The molecule has 1 saturated heterocycles. The highest BCUT2D eigenvalue weighted by molar-refractivity contribution is 4.77. The highest BCUT2D eigenvalue weighted by Crippen LogP contribution is 2.28. The smallest absolute Gasteiger partial charge is 0.186 e. The Kier molecular flexibility index (Phi) is 22.9. The summed E-state index contributed by atoms with van der Waals surface area (Å²) in [6, 6.07) is 0. The van der Waals surface area contributed by atoms with Gasteiger partial charge in [0.25, 0.3) is 0 Å². The largest absolute Gasteiger partial charge is 0.376 e. The van der Waals surface area contributed by atoms with Crippen molar-refractivity contribution in [2.45, 2.75) is 201 Å². The summed E-state index contributed by atoms with van der Waals surface area (Å²) in [7, 11) is 0. The quantitative estimate of drug-likeness (QED) is 0.0691. The predicted octanol–water partition coefficient (Wildman–Crippen LogP) is 10.4. The summed E-state index contributed by atoms with van der Waals surface area (Å²) in [5, 5.41) is 0. The third-order valence-corrected chi connectivity index (χ3v) is 8.05. The topological polar surface area (TPSA) is 46.2 Å². The summed E-state index contributed by atoms with van der Waals surface area (Å²) >= 11 is 0. The average Bonchev–Trinajstić information content (AvgIpc) is 3.28. The lowest BCUT2D eigenvalue weighted by Crippen LogP contribution is -2.42. The fourth-order valence-electron chi connectivity index (χ4n) is 5.47. The first kappa shape index (κ1) is 37.8. The third-order valence-electron chi connectivity index (χ3n) is 8.05. The monoisotopic (exact) mass is 571 g/mol. The Morgan fingerprint density at radius 2 is 1.20 bits per heavy atom. The average molecular weight is 571 g/mol. The first-order valence-corrected chi connectivity index (χ1v) is 17.5. The molecule has 0 aromatic rings. The van der Waals surface area contributed by atoms with E-state index in [0.29, 0.717) is 13.2 Å². The second-order valence-corrected chi connectivity index (χ2v) is 13.1. The fraction of sp³-hybridized carbons (Fsp3) is 1.00. The first-order valence-electron chi connectivity index (χ1n) is 17.5. The van der Waals surface area contributed by atoms with Crippen LogP contribution < -0.4 is 0 Å². The molecule has 1 rings (SSSR count). The van der Waals surface area contributed by atoms with Crippen molar-refractivity contribution in [2.75, 3.05) is 19.8 Å². The van der Waals surface area contributed by atoms with Crippen molar-refractivity contribution >= 4 is 0 Å². The van der Waals surface area contributed by atoms with Crippen molar-refractivity contribution in [3.8, 4) is 0 Å². The van der Waals surface area contributed by atoms with Crippen LogP contribution in [0.4, 0.5) is 0 Å². The zero-order chi connectivity index (χ0) is 29.5. The molecule has 0 N–H and O–H groups in total. The Morgan fingerprint density at radius 3 is 1.73 bits per heavy atom. The molecule has 0 saturated carbocycles. The molecule has 0 radical (unpaired) electrons. The van der Waals surface area contributed by atoms with Crippen LogP contribution in [0.1, 0.15) is 170 Å². The van der Waals surface area contributed by atoms with Gasteiger partial charge < -0.3 is 23.7 Å². The molecule has 1 aliphatic rings. The van der Waals surface area contributed by atoms with Crippen LogP contribution in [0, 0.1) is 5.92 Å². The van der Waals surface area contributed by atoms with Crippen LogP contribution in [-0.2, 0) is 23.7 Å². The van der Waals surface area contributed by atoms with E-state index in [-0.39, 0.29) is 18.3 Å². The molecule has 40 heavy (non-hydrogen) atoms. The Labute approximate surface area is 250 Å². The Morgan fingerprint density at radius 1 is 0.650 bits per heavy atom. The summed E-state index contributed by atoms with van der Waals surface area (Å²) in [6.45, 7) is 17.1. The van der Waals surface area contributed by atoms with Crippen molar-refractivity contribution in [2.24, 2.45) is 5.92 Å². The molecule has 0 aromatic heterocycles. The van der Waals surface area contributed by atoms with Gasteiger partial charge in [-0.15, -0.1) is 0 Å². The molecule has 0 aromatic carbocycles. The Bertz CT molecular complexity index is 552. The molecule has 0 aliphatic carbocycles. The molecule has 4 unspecified atom stereocenters. The van der Waals surface area contributed by atoms with Crippen LogP contribution in [0.2, 0.25) is 0 Å². The van der Waals surface area contributed by atoms with Gasteiger partial charge in [0.1, 0.15) is 6.10 Å². The second-order valence-electron chi connectivity index (χ2n) is 13.1. The van der Waals surface area contributed by atoms with Gasteiger partial charge in [-0.3, -0.25) is 0 Å². The number of hydrogen-bond donors (Lipinski definition) is 0. The summed E-state index contributed by atoms with van der Waals surface area (Å²) < 4.78 is 31.1. The van der Waals surface area contributed by atoms with E-state index in [1.54, 1.807) is 0 Å². The molecule has 5 nitrogen and oxygen atoms in total. The molecule has 0 spiro atoms. The SMILES string of the molecule is CCCCCCCCOC(C)C(CCCCCCCCCCCCC(C)C)OC(OCCC)C1COC(C)(C)O1. The van der Waals surface area contributed by atoms with Crippen molar-refractivity contribution in [1.29, 1.82) is 0 Å². The number of unbranched alkanes of at least 4 members (excludes halogenated alkanes) is 14. The van der Waals surface area contributed by atoms with E-state index in [1.807, 2.05) is 13.8 Å². The van der Waals surface area contributed by atoms with E-state index in [9.17, 15) is 0 Å². The van der Waals surface area contributed by atoms with Crippen LogP contribution in [-0.4, -0.2) is 50.2 Å². The van der Waals surface area contributed by atoms with Gasteiger partial charge in [0.15, 0.2) is 12.1 Å². The minimum Gasteiger partial charge on any atom is -0.376 e. The molecular formula is C35H70O5. The normalized spacial score (nSPS) is 19.4. The summed E-state index contributed by atoms with van der Waals surface area (Å²) in [5.41, 5.74) is 0. The van der Waals surface area contributed by atoms with Gasteiger partial charge in [-0.2, -0.15) is 0 Å². The highest BCUT2D eigenvalue weighted by Gasteiger charge is 2.40. The minimum atomic E-state index is -0.592. The van der Waals surface area contributed by atoms with Gasteiger partial charge in [0.05, 0.1) is 18.8 Å². The van der Waals surface area contributed by atoms with E-state index in [0.717, 1.165) is 31.8 Å². The minimum absolute atomic E-state index is 0.0000916. The van der Waals surface area contributed by atoms with Gasteiger partial charge in [0, 0.05) is 13.2 Å². The second kappa shape index (κ2) is 24.3. The molecule has 5 heteroatoms. The van der Waals surface area contributed by atoms with Gasteiger partial charge >= 0.3 is 0 Å². The Hall–Kier alpha value is -0.200. The molecule has 1 fully saturated rings. The Balaban J connectivity index is 2.45. The van der Waals surface area contributed by atoms with E-state index in [1.165, 1.54) is 103 Å². The number of ether oxygens (including phenoxy) is 5. The van der Waals surface area contributed by atoms with Crippen molar-refractivity contribution in [3.63, 3.8) is 0 Å². The molecule has 0 bridgehead atoms. The van der Waals surface area contributed by atoms with Crippen LogP contribution >= 0.6 is 0 Å². The zero-order valence-electron chi connectivity index (χ0n) is 28.0. The van der Waals surface area contributed by atoms with E-state index < -0.39 is 12.1 Å². The summed E-state index contributed by atoms with van der Waals surface area (Å²) in [4.78, 5) is 0. The molecule has 4 atom stereocenters. The van der Waals surface area contributed by atoms with Crippen LogP contribution in [0.3, 0.4) is 0 Å². The summed E-state index contributed by atoms with van der Waals surface area (Å²) in [5.74, 6) is 0.262. The van der Waals surface area contributed by atoms with Crippen molar-refractivity contribution in [1.82, 2.24) is 0 Å². The first-order chi connectivity index (χ1) is 19.3. The van der Waals surface area contributed by atoms with E-state index in [2.05, 4.69) is 34.6 Å². The van der Waals surface area contributed by atoms with Crippen molar-refractivity contribution < 1.29 is 23.7 Å². The van der Waals surface area contributed by atoms with E-state index >= 15 is 0 Å².